The van der Waals surface area contributed by atoms with Gasteiger partial charge in [0.2, 0.25) is 15.9 Å². The average Bonchev–Trinajstić information content (AvgIpc) is 3.01. The van der Waals surface area contributed by atoms with E-state index < -0.39 is 33.4 Å². The topological polar surface area (TPSA) is 90.5 Å². The van der Waals surface area contributed by atoms with Crippen LogP contribution in [0.4, 0.5) is 4.39 Å². The Morgan fingerprint density at radius 3 is 2.55 bits per heavy atom. The van der Waals surface area contributed by atoms with Crippen LogP contribution < -0.4 is 15.6 Å². The normalized spacial score (nSPS) is 37.5. The molecule has 0 aromatic rings. The summed E-state index contributed by atoms with van der Waals surface area (Å²) >= 11 is 6.25. The van der Waals surface area contributed by atoms with E-state index in [1.807, 2.05) is 7.05 Å². The highest BCUT2D eigenvalue weighted by atomic mass is 35.5. The summed E-state index contributed by atoms with van der Waals surface area (Å²) in [6.07, 6.45) is 4.59. The summed E-state index contributed by atoms with van der Waals surface area (Å²) < 4.78 is 39.4. The van der Waals surface area contributed by atoms with Crippen molar-refractivity contribution in [3.8, 4) is 0 Å². The number of carbonyl (C=O) groups excluding carboxylic acids is 1. The number of carbonyl (C=O) groups is 1. The zero-order valence-corrected chi connectivity index (χ0v) is 18.8. The van der Waals surface area contributed by atoms with E-state index in [4.69, 9.17) is 11.6 Å². The second-order valence-electron chi connectivity index (χ2n) is 8.99. The maximum absolute atomic E-state index is 14.7. The summed E-state index contributed by atoms with van der Waals surface area (Å²) in [5.41, 5.74) is 2.26. The van der Waals surface area contributed by atoms with Crippen molar-refractivity contribution in [1.82, 2.24) is 20.5 Å². The van der Waals surface area contributed by atoms with E-state index in [2.05, 4.69) is 27.4 Å². The maximum atomic E-state index is 14.7. The van der Waals surface area contributed by atoms with E-state index in [0.717, 1.165) is 38.6 Å². The molecule has 0 aromatic carbocycles. The first kappa shape index (κ1) is 23.2. The molecule has 7 nitrogen and oxygen atoms in total. The lowest BCUT2D eigenvalue weighted by Crippen LogP contribution is -2.52. The zero-order chi connectivity index (χ0) is 21.2. The highest BCUT2D eigenvalue weighted by Crippen LogP contribution is 2.38. The molecule has 1 amide bonds. The summed E-state index contributed by atoms with van der Waals surface area (Å²) in [7, 11) is -1.64. The lowest BCUT2D eigenvalue weighted by Gasteiger charge is -2.39. The molecule has 0 aromatic heterocycles. The molecule has 168 valence electrons. The van der Waals surface area contributed by atoms with E-state index in [0.29, 0.717) is 12.8 Å². The molecule has 2 saturated carbocycles. The number of rotatable bonds is 6. The van der Waals surface area contributed by atoms with Crippen molar-refractivity contribution in [2.24, 2.45) is 17.8 Å². The molecule has 10 heteroatoms. The lowest BCUT2D eigenvalue weighted by molar-refractivity contribution is -0.129. The predicted molar refractivity (Wildman–Crippen MR) is 111 cm³/mol. The number of hydrogen-bond acceptors (Lipinski definition) is 5. The largest absolute Gasteiger partial charge is 0.300 e. The third kappa shape index (κ3) is 5.81. The van der Waals surface area contributed by atoms with E-state index in [9.17, 15) is 17.6 Å². The van der Waals surface area contributed by atoms with Crippen LogP contribution in [0, 0.1) is 17.8 Å². The van der Waals surface area contributed by atoms with Crippen molar-refractivity contribution in [2.45, 2.75) is 75.6 Å². The molecular formula is C19H34ClFN4O3S. The van der Waals surface area contributed by atoms with Crippen LogP contribution in [0.25, 0.3) is 0 Å². The SMILES string of the molecule is CC1NCC(C2CC(Cl)C(F)C(C(=O)NNS(=O)(=O)CC3CCCCC3)C2)N1C. The number of likely N-dealkylation sites (N-methyl/N-ethyl adjacent to an activating group) is 1. The number of amides is 1. The Balaban J connectivity index is 1.56. The molecule has 29 heavy (non-hydrogen) atoms. The van der Waals surface area contributed by atoms with Gasteiger partial charge in [-0.25, -0.2) is 12.8 Å². The molecule has 6 unspecified atom stereocenters. The fourth-order valence-electron chi connectivity index (χ4n) is 5.08. The van der Waals surface area contributed by atoms with Gasteiger partial charge in [0.25, 0.3) is 0 Å². The van der Waals surface area contributed by atoms with E-state index in [1.54, 1.807) is 0 Å². The minimum Gasteiger partial charge on any atom is -0.300 e. The Kier molecular flexibility index (Phi) is 7.81. The Morgan fingerprint density at radius 1 is 1.24 bits per heavy atom. The van der Waals surface area contributed by atoms with Gasteiger partial charge < -0.3 is 5.32 Å². The molecule has 6 atom stereocenters. The fraction of sp³-hybridized carbons (Fsp3) is 0.947. The molecule has 1 heterocycles. The van der Waals surface area contributed by atoms with Gasteiger partial charge in [-0.3, -0.25) is 15.1 Å². The number of alkyl halides is 2. The van der Waals surface area contributed by atoms with Crippen molar-refractivity contribution in [3.05, 3.63) is 0 Å². The van der Waals surface area contributed by atoms with Crippen LogP contribution in [0.3, 0.4) is 0 Å². The van der Waals surface area contributed by atoms with Gasteiger partial charge in [-0.1, -0.05) is 19.3 Å². The monoisotopic (exact) mass is 452 g/mol. The first-order chi connectivity index (χ1) is 13.7. The lowest BCUT2D eigenvalue weighted by atomic mass is 9.76. The standard InChI is InChI=1S/C19H34ClFN4O3S/c1-12-22-10-17(25(12)2)14-8-15(18(21)16(20)9-14)19(26)23-24-29(27,28)11-13-6-4-3-5-7-13/h12-18,22,24H,3-11H2,1-2H3,(H,23,26). The summed E-state index contributed by atoms with van der Waals surface area (Å²) in [5.74, 6) is -1.42. The quantitative estimate of drug-likeness (QED) is 0.422. The smallest absolute Gasteiger partial charge is 0.241 e. The van der Waals surface area contributed by atoms with Gasteiger partial charge >= 0.3 is 0 Å². The fourth-order valence-corrected chi connectivity index (χ4v) is 6.78. The summed E-state index contributed by atoms with van der Waals surface area (Å²) in [6.45, 7) is 2.83. The number of hydrogen-bond donors (Lipinski definition) is 3. The van der Waals surface area contributed by atoms with Crippen LogP contribution in [-0.4, -0.2) is 62.3 Å². The zero-order valence-electron chi connectivity index (χ0n) is 17.2. The van der Waals surface area contributed by atoms with E-state index in [1.165, 1.54) is 0 Å². The van der Waals surface area contributed by atoms with Crippen LogP contribution in [-0.2, 0) is 14.8 Å². The molecule has 3 N–H and O–H groups in total. The third-order valence-corrected chi connectivity index (χ3v) is 8.70. The van der Waals surface area contributed by atoms with Crippen LogP contribution in [0.15, 0.2) is 0 Å². The van der Waals surface area contributed by atoms with Crippen molar-refractivity contribution in [3.63, 3.8) is 0 Å². The van der Waals surface area contributed by atoms with Gasteiger partial charge in [-0.15, -0.1) is 16.4 Å². The highest BCUT2D eigenvalue weighted by Gasteiger charge is 2.45. The van der Waals surface area contributed by atoms with Gasteiger partial charge in [0.05, 0.1) is 23.2 Å². The number of halogens is 2. The van der Waals surface area contributed by atoms with Crippen LogP contribution in [0.5, 0.6) is 0 Å². The van der Waals surface area contributed by atoms with E-state index >= 15 is 0 Å². The van der Waals surface area contributed by atoms with Gasteiger partial charge in [0, 0.05) is 12.6 Å². The summed E-state index contributed by atoms with van der Waals surface area (Å²) in [6, 6.07) is 0.178. The van der Waals surface area contributed by atoms with Crippen LogP contribution >= 0.6 is 11.6 Å². The second-order valence-corrected chi connectivity index (χ2v) is 11.3. The van der Waals surface area contributed by atoms with Gasteiger partial charge in [-0.2, -0.15) is 0 Å². The van der Waals surface area contributed by atoms with E-state index in [-0.39, 0.29) is 29.8 Å². The average molecular weight is 453 g/mol. The first-order valence-electron chi connectivity index (χ1n) is 10.7. The van der Waals surface area contributed by atoms with Gasteiger partial charge in [-0.05, 0) is 51.5 Å². The molecule has 3 fully saturated rings. The van der Waals surface area contributed by atoms with Crippen LogP contribution in [0.2, 0.25) is 0 Å². The number of hydrazine groups is 1. The van der Waals surface area contributed by atoms with Crippen molar-refractivity contribution >= 4 is 27.5 Å². The molecule has 0 bridgehead atoms. The molecule has 0 spiro atoms. The molecule has 3 aliphatic rings. The first-order valence-corrected chi connectivity index (χ1v) is 12.8. The molecule has 1 saturated heterocycles. The van der Waals surface area contributed by atoms with Crippen LogP contribution in [0.1, 0.15) is 51.9 Å². The molecular weight excluding hydrogens is 419 g/mol. The number of nitrogens with zero attached hydrogens (tertiary/aromatic N) is 1. The number of sulfonamides is 1. The Labute approximate surface area is 178 Å². The Bertz CT molecular complexity index is 676. The Hall–Kier alpha value is -0.480. The Morgan fingerprint density at radius 2 is 1.93 bits per heavy atom. The predicted octanol–water partition coefficient (Wildman–Crippen LogP) is 1.74. The molecule has 2 aliphatic carbocycles. The minimum atomic E-state index is -3.65. The van der Waals surface area contributed by atoms with Crippen molar-refractivity contribution in [1.29, 1.82) is 0 Å². The summed E-state index contributed by atoms with van der Waals surface area (Å²) in [5, 5.41) is 2.61. The molecule has 1 aliphatic heterocycles. The molecule has 0 radical (unpaired) electrons. The van der Waals surface area contributed by atoms with Crippen molar-refractivity contribution < 1.29 is 17.6 Å². The third-order valence-electron chi connectivity index (χ3n) is 6.96. The highest BCUT2D eigenvalue weighted by molar-refractivity contribution is 7.89. The van der Waals surface area contributed by atoms with Gasteiger partial charge in [0.15, 0.2) is 0 Å². The summed E-state index contributed by atoms with van der Waals surface area (Å²) in [4.78, 5) is 17.0. The minimum absolute atomic E-state index is 0.00577. The van der Waals surface area contributed by atoms with Gasteiger partial charge in [0.1, 0.15) is 6.17 Å². The number of nitrogens with one attached hydrogen (secondary N) is 3. The van der Waals surface area contributed by atoms with Crippen molar-refractivity contribution in [2.75, 3.05) is 19.3 Å². The maximum Gasteiger partial charge on any atom is 0.241 e. The molecule has 3 rings (SSSR count). The second kappa shape index (κ2) is 9.77.